The fraction of sp³-hybridized carbons (Fsp3) is 0.286. The average molecular weight is 407 g/mol. The van der Waals surface area contributed by atoms with Crippen molar-refractivity contribution < 1.29 is 19.1 Å². The molecule has 3 aromatic rings. The van der Waals surface area contributed by atoms with E-state index >= 15 is 0 Å². The van der Waals surface area contributed by atoms with Crippen LogP contribution in [0.25, 0.3) is 11.1 Å². The molecule has 0 saturated heterocycles. The maximum absolute atomic E-state index is 12.5. The van der Waals surface area contributed by atoms with Gasteiger partial charge in [-0.1, -0.05) is 53.7 Å². The van der Waals surface area contributed by atoms with Gasteiger partial charge in [0.05, 0.1) is 6.61 Å². The molecule has 0 unspecified atom stereocenters. The van der Waals surface area contributed by atoms with Crippen molar-refractivity contribution >= 4 is 12.1 Å². The van der Waals surface area contributed by atoms with Crippen LogP contribution in [-0.4, -0.2) is 51.9 Å². The number of esters is 1. The molecule has 1 aliphatic carbocycles. The Morgan fingerprint density at radius 3 is 2.33 bits per heavy atom. The summed E-state index contributed by atoms with van der Waals surface area (Å²) in [7, 11) is 0. The summed E-state index contributed by atoms with van der Waals surface area (Å²) >= 11 is 0. The lowest BCUT2D eigenvalue weighted by Gasteiger charge is -2.18. The summed E-state index contributed by atoms with van der Waals surface area (Å²) in [4.78, 5) is 24.7. The molecule has 1 aliphatic rings. The summed E-state index contributed by atoms with van der Waals surface area (Å²) in [5.41, 5.74) is 4.51. The SMILES string of the molecule is CCOC(=O)[C@H](Cc1nn[nH]n1)NC(=O)OCC1c2ccccc2-c2ccccc21. The van der Waals surface area contributed by atoms with Gasteiger partial charge in [-0.05, 0) is 29.2 Å². The number of nitrogens with one attached hydrogen (secondary N) is 2. The third-order valence-electron chi connectivity index (χ3n) is 4.98. The quantitative estimate of drug-likeness (QED) is 0.576. The summed E-state index contributed by atoms with van der Waals surface area (Å²) in [5.74, 6) is -0.371. The van der Waals surface area contributed by atoms with Crippen molar-refractivity contribution in [1.82, 2.24) is 25.9 Å². The van der Waals surface area contributed by atoms with Crippen LogP contribution in [0.15, 0.2) is 48.5 Å². The number of benzene rings is 2. The molecule has 1 amide bonds. The number of tetrazole rings is 1. The van der Waals surface area contributed by atoms with Gasteiger partial charge in [0.15, 0.2) is 5.82 Å². The lowest BCUT2D eigenvalue weighted by atomic mass is 9.98. The molecule has 0 saturated carbocycles. The first kappa shape index (κ1) is 19.6. The number of carbonyl (C=O) groups excluding carboxylic acids is 2. The van der Waals surface area contributed by atoms with Crippen LogP contribution in [0.5, 0.6) is 0 Å². The minimum atomic E-state index is -0.974. The van der Waals surface area contributed by atoms with E-state index in [0.29, 0.717) is 0 Å². The molecule has 0 aliphatic heterocycles. The molecule has 154 valence electrons. The number of aromatic amines is 1. The number of nitrogens with zero attached hydrogens (tertiary/aromatic N) is 3. The molecular weight excluding hydrogens is 386 g/mol. The van der Waals surface area contributed by atoms with Gasteiger partial charge in [-0.15, -0.1) is 10.2 Å². The van der Waals surface area contributed by atoms with E-state index in [9.17, 15) is 9.59 Å². The van der Waals surface area contributed by atoms with E-state index in [1.807, 2.05) is 36.4 Å². The Kier molecular flexibility index (Phi) is 5.69. The summed E-state index contributed by atoms with van der Waals surface area (Å²) in [6, 6.07) is 15.2. The molecule has 1 atom stereocenters. The summed E-state index contributed by atoms with van der Waals surface area (Å²) < 4.78 is 10.5. The highest BCUT2D eigenvalue weighted by Crippen LogP contribution is 2.44. The average Bonchev–Trinajstić information content (AvgIpc) is 3.38. The zero-order valence-corrected chi connectivity index (χ0v) is 16.4. The number of aromatic nitrogens is 4. The molecule has 1 heterocycles. The van der Waals surface area contributed by atoms with E-state index in [0.717, 1.165) is 22.3 Å². The number of carbonyl (C=O) groups is 2. The molecule has 0 spiro atoms. The number of ether oxygens (including phenoxy) is 2. The molecule has 4 rings (SSSR count). The second kappa shape index (κ2) is 8.73. The van der Waals surface area contributed by atoms with E-state index in [2.05, 4.69) is 38.1 Å². The third-order valence-corrected chi connectivity index (χ3v) is 4.98. The first-order chi connectivity index (χ1) is 14.7. The van der Waals surface area contributed by atoms with Gasteiger partial charge in [0.1, 0.15) is 12.6 Å². The second-order valence-electron chi connectivity index (χ2n) is 6.81. The maximum atomic E-state index is 12.5. The number of fused-ring (bicyclic) bond motifs is 3. The fourth-order valence-corrected chi connectivity index (χ4v) is 3.67. The summed E-state index contributed by atoms with van der Waals surface area (Å²) in [6.07, 6.45) is -0.669. The van der Waals surface area contributed by atoms with Crippen molar-refractivity contribution in [3.8, 4) is 11.1 Å². The van der Waals surface area contributed by atoms with Gasteiger partial charge in [0.2, 0.25) is 0 Å². The van der Waals surface area contributed by atoms with Crippen LogP contribution in [-0.2, 0) is 20.7 Å². The highest BCUT2D eigenvalue weighted by molar-refractivity contribution is 5.82. The molecule has 0 fully saturated rings. The first-order valence-corrected chi connectivity index (χ1v) is 9.67. The summed E-state index contributed by atoms with van der Waals surface area (Å²) in [6.45, 7) is 2.03. The van der Waals surface area contributed by atoms with E-state index in [4.69, 9.17) is 9.47 Å². The largest absolute Gasteiger partial charge is 0.464 e. The minimum absolute atomic E-state index is 0.0412. The number of amides is 1. The van der Waals surface area contributed by atoms with Crippen molar-refractivity contribution in [3.05, 3.63) is 65.5 Å². The minimum Gasteiger partial charge on any atom is -0.464 e. The van der Waals surface area contributed by atoms with Crippen LogP contribution in [0, 0.1) is 0 Å². The van der Waals surface area contributed by atoms with Crippen molar-refractivity contribution in [3.63, 3.8) is 0 Å². The Morgan fingerprint density at radius 2 is 1.73 bits per heavy atom. The van der Waals surface area contributed by atoms with Crippen molar-refractivity contribution in [2.75, 3.05) is 13.2 Å². The van der Waals surface area contributed by atoms with Gasteiger partial charge < -0.3 is 14.8 Å². The predicted octanol–water partition coefficient (Wildman–Crippen LogP) is 2.21. The van der Waals surface area contributed by atoms with Crippen LogP contribution in [0.3, 0.4) is 0 Å². The molecule has 30 heavy (non-hydrogen) atoms. The number of hydrogen-bond donors (Lipinski definition) is 2. The zero-order valence-electron chi connectivity index (χ0n) is 16.4. The van der Waals surface area contributed by atoms with Gasteiger partial charge >= 0.3 is 12.1 Å². The Balaban J connectivity index is 1.44. The van der Waals surface area contributed by atoms with Gasteiger partial charge in [0.25, 0.3) is 0 Å². The number of rotatable bonds is 7. The fourth-order valence-electron chi connectivity index (χ4n) is 3.67. The molecule has 2 N–H and O–H groups in total. The highest BCUT2D eigenvalue weighted by atomic mass is 16.6. The summed E-state index contributed by atoms with van der Waals surface area (Å²) in [5, 5.41) is 16.0. The van der Waals surface area contributed by atoms with Crippen LogP contribution in [0.4, 0.5) is 4.79 Å². The molecular formula is C21H21N5O4. The first-order valence-electron chi connectivity index (χ1n) is 9.67. The van der Waals surface area contributed by atoms with Crippen LogP contribution in [0.2, 0.25) is 0 Å². The Morgan fingerprint density at radius 1 is 1.07 bits per heavy atom. The lowest BCUT2D eigenvalue weighted by molar-refractivity contribution is -0.145. The number of hydrogen-bond acceptors (Lipinski definition) is 7. The standard InChI is InChI=1S/C21H21N5O4/c1-2-29-20(27)18(11-19-23-25-26-24-19)22-21(28)30-12-17-15-9-5-3-7-13(15)14-8-4-6-10-16(14)17/h3-10,17-18H,2,11-12H2,1H3,(H,22,28)(H,23,24,25,26)/t18-/m0/s1. The zero-order chi connectivity index (χ0) is 20.9. The van der Waals surface area contributed by atoms with E-state index in [1.165, 1.54) is 0 Å². The van der Waals surface area contributed by atoms with Crippen LogP contribution >= 0.6 is 0 Å². The molecule has 0 bridgehead atoms. The van der Waals surface area contributed by atoms with E-state index in [1.54, 1.807) is 6.92 Å². The monoisotopic (exact) mass is 407 g/mol. The normalized spacial score (nSPS) is 13.2. The topological polar surface area (TPSA) is 119 Å². The Bertz CT molecular complexity index is 992. The lowest BCUT2D eigenvalue weighted by Crippen LogP contribution is -2.44. The van der Waals surface area contributed by atoms with E-state index in [-0.39, 0.29) is 31.4 Å². The molecule has 9 nitrogen and oxygen atoms in total. The van der Waals surface area contributed by atoms with Gasteiger partial charge in [-0.2, -0.15) is 5.21 Å². The van der Waals surface area contributed by atoms with Gasteiger partial charge in [-0.3, -0.25) is 0 Å². The van der Waals surface area contributed by atoms with E-state index < -0.39 is 18.1 Å². The van der Waals surface area contributed by atoms with Gasteiger partial charge in [-0.25, -0.2) is 9.59 Å². The molecule has 2 aromatic carbocycles. The molecule has 0 radical (unpaired) electrons. The van der Waals surface area contributed by atoms with Crippen molar-refractivity contribution in [2.45, 2.75) is 25.3 Å². The predicted molar refractivity (Wildman–Crippen MR) is 107 cm³/mol. The van der Waals surface area contributed by atoms with Gasteiger partial charge in [0, 0.05) is 12.3 Å². The smallest absolute Gasteiger partial charge is 0.407 e. The van der Waals surface area contributed by atoms with Crippen LogP contribution < -0.4 is 5.32 Å². The Labute approximate surface area is 172 Å². The van der Waals surface area contributed by atoms with Crippen molar-refractivity contribution in [2.24, 2.45) is 0 Å². The Hall–Kier alpha value is -3.75. The maximum Gasteiger partial charge on any atom is 0.407 e. The van der Waals surface area contributed by atoms with Crippen LogP contribution in [0.1, 0.15) is 29.8 Å². The third kappa shape index (κ3) is 4.00. The molecule has 9 heteroatoms. The highest BCUT2D eigenvalue weighted by Gasteiger charge is 2.30. The number of H-pyrrole nitrogens is 1. The second-order valence-corrected chi connectivity index (χ2v) is 6.81. The van der Waals surface area contributed by atoms with Crippen molar-refractivity contribution in [1.29, 1.82) is 0 Å². The molecule has 1 aromatic heterocycles. The number of alkyl carbamates (subject to hydrolysis) is 1.